The minimum atomic E-state index is -1.38. The van der Waals surface area contributed by atoms with Crippen molar-refractivity contribution in [1.82, 2.24) is 0 Å². The summed E-state index contributed by atoms with van der Waals surface area (Å²) in [7, 11) is 0. The van der Waals surface area contributed by atoms with Gasteiger partial charge in [-0.2, -0.15) is 0 Å². The van der Waals surface area contributed by atoms with Crippen molar-refractivity contribution in [2.75, 3.05) is 0 Å². The predicted octanol–water partition coefficient (Wildman–Crippen LogP) is 1.87. The van der Waals surface area contributed by atoms with Gasteiger partial charge in [-0.15, -0.1) is 6.58 Å². The summed E-state index contributed by atoms with van der Waals surface area (Å²) < 4.78 is 4.41. The molecule has 1 heterocycles. The Kier molecular flexibility index (Phi) is 4.77. The van der Waals surface area contributed by atoms with Crippen LogP contribution in [0, 0.1) is 0 Å². The van der Waals surface area contributed by atoms with Crippen molar-refractivity contribution < 1.29 is 24.2 Å². The van der Waals surface area contributed by atoms with Gasteiger partial charge in [0.05, 0.1) is 6.26 Å². The van der Waals surface area contributed by atoms with Crippen LogP contribution in [0.2, 0.25) is 0 Å². The molecule has 14 heavy (non-hydrogen) atoms. The number of hydrogen-bond acceptors (Lipinski definition) is 3. The average molecular weight is 198 g/mol. The highest BCUT2D eigenvalue weighted by Gasteiger charge is 2.18. The second-order valence-corrected chi connectivity index (χ2v) is 2.18. The van der Waals surface area contributed by atoms with Crippen LogP contribution in [0.25, 0.3) is 0 Å². The first kappa shape index (κ1) is 12.0. The molecule has 0 radical (unpaired) electrons. The maximum atomic E-state index is 10.3. The molecule has 5 nitrogen and oxygen atoms in total. The third-order valence-electron chi connectivity index (χ3n) is 1.09. The lowest BCUT2D eigenvalue weighted by atomic mass is 10.2. The third-order valence-corrected chi connectivity index (χ3v) is 1.09. The fourth-order valence-corrected chi connectivity index (χ4v) is 0.643. The SMILES string of the molecule is C=CC.O=C(O)c1ccoc1C(=O)O. The van der Waals surface area contributed by atoms with E-state index in [0.717, 1.165) is 12.3 Å². The van der Waals surface area contributed by atoms with Gasteiger partial charge >= 0.3 is 11.9 Å². The molecule has 0 aliphatic rings. The number of carboxylic acid groups (broad SMARTS) is 2. The van der Waals surface area contributed by atoms with E-state index in [0.29, 0.717) is 0 Å². The number of hydrogen-bond donors (Lipinski definition) is 2. The molecule has 1 aromatic rings. The first-order chi connectivity index (χ1) is 6.54. The molecular formula is C9H10O5. The molecule has 5 heteroatoms. The molecular weight excluding hydrogens is 188 g/mol. The predicted molar refractivity (Wildman–Crippen MR) is 48.5 cm³/mol. The van der Waals surface area contributed by atoms with Gasteiger partial charge in [-0.3, -0.25) is 0 Å². The highest BCUT2D eigenvalue weighted by atomic mass is 16.4. The number of carbonyl (C=O) groups is 2. The first-order valence-corrected chi connectivity index (χ1v) is 3.65. The van der Waals surface area contributed by atoms with Gasteiger partial charge < -0.3 is 14.6 Å². The van der Waals surface area contributed by atoms with Crippen molar-refractivity contribution in [3.8, 4) is 0 Å². The highest BCUT2D eigenvalue weighted by Crippen LogP contribution is 2.09. The van der Waals surface area contributed by atoms with Gasteiger partial charge in [0, 0.05) is 0 Å². The third kappa shape index (κ3) is 3.14. The van der Waals surface area contributed by atoms with Gasteiger partial charge in [0.25, 0.3) is 0 Å². The molecule has 0 amide bonds. The normalized spacial score (nSPS) is 8.36. The lowest BCUT2D eigenvalue weighted by Crippen LogP contribution is -2.03. The largest absolute Gasteiger partial charge is 0.478 e. The summed E-state index contributed by atoms with van der Waals surface area (Å²) in [6.45, 7) is 5.25. The molecule has 0 atom stereocenters. The zero-order valence-corrected chi connectivity index (χ0v) is 7.56. The van der Waals surface area contributed by atoms with Crippen LogP contribution in [0.15, 0.2) is 29.4 Å². The fourth-order valence-electron chi connectivity index (χ4n) is 0.643. The number of allylic oxidation sites excluding steroid dienone is 1. The Hall–Kier alpha value is -2.04. The maximum Gasteiger partial charge on any atom is 0.372 e. The summed E-state index contributed by atoms with van der Waals surface area (Å²) >= 11 is 0. The first-order valence-electron chi connectivity index (χ1n) is 3.65. The minimum Gasteiger partial charge on any atom is -0.478 e. The summed E-state index contributed by atoms with van der Waals surface area (Å²) in [6, 6.07) is 1.09. The molecule has 0 fully saturated rings. The molecule has 0 unspecified atom stereocenters. The molecule has 0 saturated heterocycles. The molecule has 0 saturated carbocycles. The van der Waals surface area contributed by atoms with Crippen molar-refractivity contribution in [1.29, 1.82) is 0 Å². The van der Waals surface area contributed by atoms with Gasteiger partial charge in [0.1, 0.15) is 5.56 Å². The van der Waals surface area contributed by atoms with Crippen molar-refractivity contribution in [3.63, 3.8) is 0 Å². The standard InChI is InChI=1S/C6H4O5.C3H6/c7-5(8)3-1-2-11-4(3)6(9)10;1-3-2/h1-2H,(H,7,8)(H,9,10);3H,1H2,2H3. The van der Waals surface area contributed by atoms with Gasteiger partial charge in [0.2, 0.25) is 5.76 Å². The minimum absolute atomic E-state index is 0.336. The maximum absolute atomic E-state index is 10.3. The van der Waals surface area contributed by atoms with E-state index in [9.17, 15) is 9.59 Å². The van der Waals surface area contributed by atoms with E-state index >= 15 is 0 Å². The van der Waals surface area contributed by atoms with E-state index < -0.39 is 17.7 Å². The molecule has 1 aromatic heterocycles. The van der Waals surface area contributed by atoms with Crippen molar-refractivity contribution in [3.05, 3.63) is 36.3 Å². The molecule has 76 valence electrons. The molecule has 0 bridgehead atoms. The number of rotatable bonds is 2. The van der Waals surface area contributed by atoms with Gasteiger partial charge in [0.15, 0.2) is 0 Å². The fraction of sp³-hybridized carbons (Fsp3) is 0.111. The van der Waals surface area contributed by atoms with E-state index in [4.69, 9.17) is 10.2 Å². The highest BCUT2D eigenvalue weighted by molar-refractivity contribution is 5.99. The molecule has 0 spiro atoms. The molecule has 0 aromatic carbocycles. The Morgan fingerprint density at radius 2 is 1.93 bits per heavy atom. The van der Waals surface area contributed by atoms with Crippen molar-refractivity contribution in [2.45, 2.75) is 6.92 Å². The second-order valence-electron chi connectivity index (χ2n) is 2.18. The van der Waals surface area contributed by atoms with Gasteiger partial charge in [-0.25, -0.2) is 9.59 Å². The second kappa shape index (κ2) is 5.58. The molecule has 0 aliphatic heterocycles. The zero-order chi connectivity index (χ0) is 11.1. The van der Waals surface area contributed by atoms with Crippen LogP contribution in [0.5, 0.6) is 0 Å². The van der Waals surface area contributed by atoms with Crippen LogP contribution >= 0.6 is 0 Å². The van der Waals surface area contributed by atoms with Crippen LogP contribution in [0.1, 0.15) is 27.8 Å². The van der Waals surface area contributed by atoms with E-state index in [1.165, 1.54) is 0 Å². The van der Waals surface area contributed by atoms with E-state index in [2.05, 4.69) is 11.0 Å². The Morgan fingerprint density at radius 1 is 1.43 bits per heavy atom. The van der Waals surface area contributed by atoms with Gasteiger partial charge in [-0.05, 0) is 13.0 Å². The van der Waals surface area contributed by atoms with Crippen LogP contribution < -0.4 is 0 Å². The molecule has 1 rings (SSSR count). The molecule has 2 N–H and O–H groups in total. The monoisotopic (exact) mass is 198 g/mol. The zero-order valence-electron chi connectivity index (χ0n) is 7.56. The summed E-state index contributed by atoms with van der Waals surface area (Å²) in [5.41, 5.74) is -0.336. The van der Waals surface area contributed by atoms with Crippen LogP contribution in [-0.4, -0.2) is 22.2 Å². The smallest absolute Gasteiger partial charge is 0.372 e. The van der Waals surface area contributed by atoms with Gasteiger partial charge in [-0.1, -0.05) is 6.08 Å². The quantitative estimate of drug-likeness (QED) is 0.708. The Bertz CT molecular complexity index is 308. The number of aromatic carboxylic acids is 2. The Morgan fingerprint density at radius 3 is 2.21 bits per heavy atom. The van der Waals surface area contributed by atoms with E-state index in [1.54, 1.807) is 6.08 Å². The number of furan rings is 1. The van der Waals surface area contributed by atoms with E-state index in [1.807, 2.05) is 6.92 Å². The summed E-state index contributed by atoms with van der Waals surface area (Å²) in [5, 5.41) is 16.7. The lowest BCUT2D eigenvalue weighted by molar-refractivity contribution is 0.0626. The summed E-state index contributed by atoms with van der Waals surface area (Å²) in [5.74, 6) is -3.24. The van der Waals surface area contributed by atoms with Crippen LogP contribution in [-0.2, 0) is 0 Å². The van der Waals surface area contributed by atoms with Crippen LogP contribution in [0.4, 0.5) is 0 Å². The molecule has 0 aliphatic carbocycles. The summed E-state index contributed by atoms with van der Waals surface area (Å²) in [6.07, 6.45) is 2.77. The Balaban J connectivity index is 0.000000500. The topological polar surface area (TPSA) is 87.7 Å². The number of carboxylic acids is 2. The van der Waals surface area contributed by atoms with Crippen LogP contribution in [0.3, 0.4) is 0 Å². The summed E-state index contributed by atoms with van der Waals surface area (Å²) in [4.78, 5) is 20.5. The van der Waals surface area contributed by atoms with E-state index in [-0.39, 0.29) is 5.56 Å². The lowest BCUT2D eigenvalue weighted by Gasteiger charge is -1.88. The Labute approximate surface area is 80.3 Å². The van der Waals surface area contributed by atoms with Crippen molar-refractivity contribution in [2.24, 2.45) is 0 Å². The average Bonchev–Trinajstić information content (AvgIpc) is 2.52. The van der Waals surface area contributed by atoms with Crippen molar-refractivity contribution >= 4 is 11.9 Å².